The molecule has 0 amide bonds. The molecule has 0 aliphatic carbocycles. The van der Waals surface area contributed by atoms with Crippen LogP contribution in [0.5, 0.6) is 0 Å². The maximum Gasteiger partial charge on any atom is 0.0587 e. The smallest absolute Gasteiger partial charge is 0.0587 e. The van der Waals surface area contributed by atoms with Crippen LogP contribution in [0, 0.1) is 17.2 Å². The first-order valence-electron chi connectivity index (χ1n) is 2.22. The predicted octanol–water partition coefficient (Wildman–Crippen LogP) is 2.15. The highest BCUT2D eigenvalue weighted by atomic mass is 14.2. The quantitative estimate of drug-likeness (QED) is 0.455. The van der Waals surface area contributed by atoms with Crippen molar-refractivity contribution in [1.82, 2.24) is 0 Å². The molecule has 1 radical (unpaired) electrons. The molecule has 0 fully saturated rings. The highest BCUT2D eigenvalue weighted by Gasteiger charge is 1.69. The van der Waals surface area contributed by atoms with Gasteiger partial charge in [-0.05, 0) is 5.92 Å². The van der Waals surface area contributed by atoms with Crippen molar-refractivity contribution in [3.63, 3.8) is 0 Å². The molecule has 0 saturated carbocycles. The number of nitriles is 1. The molecule has 0 unspecified atom stereocenters. The van der Waals surface area contributed by atoms with Crippen molar-refractivity contribution in [2.45, 2.75) is 27.7 Å². The molecular formula is C6H12N. The van der Waals surface area contributed by atoms with Gasteiger partial charge < -0.3 is 0 Å². The Morgan fingerprint density at radius 2 is 1.29 bits per heavy atom. The minimum absolute atomic E-state index is 1.42. The van der Waals surface area contributed by atoms with E-state index in [0.717, 1.165) is 0 Å². The van der Waals surface area contributed by atoms with Crippen LogP contribution >= 0.6 is 0 Å². The number of rotatable bonds is 0. The maximum atomic E-state index is 7.32. The lowest BCUT2D eigenvalue weighted by Gasteiger charge is -1.78. The van der Waals surface area contributed by atoms with Crippen molar-refractivity contribution in [2.24, 2.45) is 0 Å². The Balaban J connectivity index is 0. The van der Waals surface area contributed by atoms with Gasteiger partial charge in [0.2, 0.25) is 0 Å². The molecule has 0 N–H and O–H groups in total. The van der Waals surface area contributed by atoms with E-state index < -0.39 is 0 Å². The van der Waals surface area contributed by atoms with E-state index in [-0.39, 0.29) is 0 Å². The zero-order chi connectivity index (χ0) is 6.28. The molecule has 0 rings (SSSR count). The zero-order valence-electron chi connectivity index (χ0n) is 5.45. The summed E-state index contributed by atoms with van der Waals surface area (Å²) in [6.07, 6.45) is 0. The van der Waals surface area contributed by atoms with E-state index in [1.165, 1.54) is 12.8 Å². The molecule has 0 aliphatic rings. The zero-order valence-corrected chi connectivity index (χ0v) is 5.45. The van der Waals surface area contributed by atoms with Crippen LogP contribution < -0.4 is 0 Å². The topological polar surface area (TPSA) is 23.8 Å². The third kappa shape index (κ3) is 257. The predicted molar refractivity (Wildman–Crippen MR) is 31.6 cm³/mol. The molecule has 0 aromatic carbocycles. The second-order valence-electron chi connectivity index (χ2n) is 1.72. The van der Waals surface area contributed by atoms with Crippen molar-refractivity contribution in [2.75, 3.05) is 0 Å². The fourth-order valence-corrected chi connectivity index (χ4v) is 0. The van der Waals surface area contributed by atoms with Gasteiger partial charge in [-0.25, -0.2) is 0 Å². The Labute approximate surface area is 46.0 Å². The fourth-order valence-electron chi connectivity index (χ4n) is 0. The standard InChI is InChI=1S/C4H9.C2H3N/c1-4(2)3;1-2-3/h1-3H3;1H3. The SMILES string of the molecule is CC#N.C[C](C)C. The molecule has 0 atom stereocenters. The Hall–Kier alpha value is -0.510. The molecule has 0 bridgehead atoms. The summed E-state index contributed by atoms with van der Waals surface area (Å²) in [6, 6.07) is 1.75. The van der Waals surface area contributed by atoms with Crippen LogP contribution in [-0.4, -0.2) is 0 Å². The average Bonchev–Trinajstić information content (AvgIpc) is 1.33. The highest BCUT2D eigenvalue weighted by molar-refractivity contribution is 4.64. The molecule has 0 aliphatic heterocycles. The van der Waals surface area contributed by atoms with Gasteiger partial charge in [0.05, 0.1) is 6.07 Å². The molecule has 7 heavy (non-hydrogen) atoms. The molecule has 1 nitrogen and oxygen atoms in total. The van der Waals surface area contributed by atoms with Crippen molar-refractivity contribution >= 4 is 0 Å². The summed E-state index contributed by atoms with van der Waals surface area (Å²) in [5, 5.41) is 7.32. The van der Waals surface area contributed by atoms with Gasteiger partial charge in [0.1, 0.15) is 0 Å². The molecule has 0 saturated heterocycles. The summed E-state index contributed by atoms with van der Waals surface area (Å²) in [5.74, 6) is 1.42. The Morgan fingerprint density at radius 1 is 1.29 bits per heavy atom. The number of hydrogen-bond donors (Lipinski definition) is 0. The van der Waals surface area contributed by atoms with Gasteiger partial charge in [-0.15, -0.1) is 0 Å². The summed E-state index contributed by atoms with van der Waals surface area (Å²) in [7, 11) is 0. The van der Waals surface area contributed by atoms with Crippen LogP contribution in [0.25, 0.3) is 0 Å². The van der Waals surface area contributed by atoms with Crippen molar-refractivity contribution in [1.29, 1.82) is 5.26 Å². The lowest BCUT2D eigenvalue weighted by atomic mass is 10.3. The number of hydrogen-bond acceptors (Lipinski definition) is 1. The van der Waals surface area contributed by atoms with E-state index in [1.54, 1.807) is 6.07 Å². The van der Waals surface area contributed by atoms with E-state index in [2.05, 4.69) is 20.8 Å². The lowest BCUT2D eigenvalue weighted by Crippen LogP contribution is -1.62. The van der Waals surface area contributed by atoms with Crippen LogP contribution in [0.4, 0.5) is 0 Å². The van der Waals surface area contributed by atoms with Crippen molar-refractivity contribution in [3.8, 4) is 6.07 Å². The Kier molecular flexibility index (Phi) is 12.6. The van der Waals surface area contributed by atoms with Crippen LogP contribution in [0.15, 0.2) is 0 Å². The van der Waals surface area contributed by atoms with E-state index in [0.29, 0.717) is 0 Å². The average molecular weight is 98.2 g/mol. The van der Waals surface area contributed by atoms with Gasteiger partial charge in [-0.2, -0.15) is 5.26 Å². The summed E-state index contributed by atoms with van der Waals surface area (Å²) < 4.78 is 0. The largest absolute Gasteiger partial charge is 0.199 e. The van der Waals surface area contributed by atoms with Crippen LogP contribution in [0.1, 0.15) is 27.7 Å². The van der Waals surface area contributed by atoms with Gasteiger partial charge in [-0.1, -0.05) is 20.8 Å². The molecule has 0 aromatic rings. The van der Waals surface area contributed by atoms with E-state index in [9.17, 15) is 0 Å². The summed E-state index contributed by atoms with van der Waals surface area (Å²) >= 11 is 0. The van der Waals surface area contributed by atoms with Crippen molar-refractivity contribution in [3.05, 3.63) is 5.92 Å². The fraction of sp³-hybridized carbons (Fsp3) is 0.667. The van der Waals surface area contributed by atoms with Gasteiger partial charge in [0.15, 0.2) is 0 Å². The first-order valence-corrected chi connectivity index (χ1v) is 2.22. The normalized spacial score (nSPS) is 6.29. The van der Waals surface area contributed by atoms with Crippen LogP contribution in [0.2, 0.25) is 0 Å². The van der Waals surface area contributed by atoms with E-state index >= 15 is 0 Å². The van der Waals surface area contributed by atoms with Crippen LogP contribution in [-0.2, 0) is 0 Å². The minimum Gasteiger partial charge on any atom is -0.199 e. The Morgan fingerprint density at radius 3 is 1.29 bits per heavy atom. The van der Waals surface area contributed by atoms with Gasteiger partial charge in [-0.3, -0.25) is 0 Å². The van der Waals surface area contributed by atoms with Gasteiger partial charge in [0.25, 0.3) is 0 Å². The summed E-state index contributed by atoms with van der Waals surface area (Å²) in [6.45, 7) is 7.68. The molecule has 0 aromatic heterocycles. The highest BCUT2D eigenvalue weighted by Crippen LogP contribution is 1.85. The molecule has 0 spiro atoms. The number of nitrogens with zero attached hydrogens (tertiary/aromatic N) is 1. The minimum atomic E-state index is 1.42. The third-order valence-corrected chi connectivity index (χ3v) is 0. The molecule has 41 valence electrons. The third-order valence-electron chi connectivity index (χ3n) is 0. The molecular weight excluding hydrogens is 86.1 g/mol. The lowest BCUT2D eigenvalue weighted by molar-refractivity contribution is 1.10. The second kappa shape index (κ2) is 9.09. The first kappa shape index (κ1) is 9.70. The van der Waals surface area contributed by atoms with Gasteiger partial charge >= 0.3 is 0 Å². The molecule has 0 heterocycles. The first-order chi connectivity index (χ1) is 3.15. The van der Waals surface area contributed by atoms with Crippen molar-refractivity contribution < 1.29 is 0 Å². The van der Waals surface area contributed by atoms with E-state index in [1.807, 2.05) is 0 Å². The van der Waals surface area contributed by atoms with Gasteiger partial charge in [0, 0.05) is 6.92 Å². The Bertz CT molecular complexity index is 46.9. The summed E-state index contributed by atoms with van der Waals surface area (Å²) in [4.78, 5) is 0. The summed E-state index contributed by atoms with van der Waals surface area (Å²) in [5.41, 5.74) is 0. The maximum absolute atomic E-state index is 7.32. The van der Waals surface area contributed by atoms with Crippen LogP contribution in [0.3, 0.4) is 0 Å². The second-order valence-corrected chi connectivity index (χ2v) is 1.72. The monoisotopic (exact) mass is 98.1 g/mol. The molecule has 1 heteroatoms. The van der Waals surface area contributed by atoms with E-state index in [4.69, 9.17) is 5.26 Å².